The zero-order valence-electron chi connectivity index (χ0n) is 52.9. The summed E-state index contributed by atoms with van der Waals surface area (Å²) in [5, 5.41) is 54.8. The summed E-state index contributed by atoms with van der Waals surface area (Å²) in [7, 11) is 0. The Morgan fingerprint density at radius 3 is 0.899 bits per heavy atom. The number of aliphatic hydroxyl groups is 5. The van der Waals surface area contributed by atoms with E-state index in [9.17, 15) is 30.3 Å². The molecule has 0 radical (unpaired) electrons. The monoisotopic (exact) mass is 1120 g/mol. The van der Waals surface area contributed by atoms with Crippen LogP contribution in [0.4, 0.5) is 0 Å². The van der Waals surface area contributed by atoms with Crippen molar-refractivity contribution < 1.29 is 39.8 Å². The van der Waals surface area contributed by atoms with Crippen LogP contribution in [-0.4, -0.2) is 87.5 Å². The van der Waals surface area contributed by atoms with Gasteiger partial charge in [-0.25, -0.2) is 0 Å². The molecule has 0 aliphatic carbocycles. The minimum absolute atomic E-state index is 0.131. The van der Waals surface area contributed by atoms with Crippen LogP contribution < -0.4 is 5.32 Å². The van der Waals surface area contributed by atoms with E-state index >= 15 is 0 Å². The summed E-state index contributed by atoms with van der Waals surface area (Å²) in [4.78, 5) is 13.1. The van der Waals surface area contributed by atoms with E-state index in [0.29, 0.717) is 12.8 Å². The molecule has 0 saturated carbocycles. The third-order valence-corrected chi connectivity index (χ3v) is 17.7. The second kappa shape index (κ2) is 60.3. The second-order valence-electron chi connectivity index (χ2n) is 25.4. The summed E-state index contributed by atoms with van der Waals surface area (Å²) >= 11 is 0. The summed E-state index contributed by atoms with van der Waals surface area (Å²) in [6.45, 7) is 3.89. The fourth-order valence-corrected chi connectivity index (χ4v) is 12.1. The van der Waals surface area contributed by atoms with Crippen molar-refractivity contribution in [2.24, 2.45) is 0 Å². The van der Waals surface area contributed by atoms with Crippen LogP contribution in [0.5, 0.6) is 0 Å². The van der Waals surface area contributed by atoms with Gasteiger partial charge in [0.1, 0.15) is 24.4 Å². The standard InChI is InChI=1S/C70H139NO8/c1-3-5-7-9-11-13-15-17-19-20-21-22-23-24-25-26-27-28-29-30-31-32-33-34-35-36-37-38-39-40-41-42-43-44-46-48-50-52-54-56-58-60-66(74)71-63(62-78-70-69(77)68(76)67(75)65(61-72)79-70)64(73)59-57-55-53-51-49-47-45-18-16-14-12-10-8-6-4-2/h63-65,67-70,72-73,75-77H,3-62H2,1-2H3,(H,71,74). The van der Waals surface area contributed by atoms with Crippen LogP contribution in [0.25, 0.3) is 0 Å². The van der Waals surface area contributed by atoms with Crippen molar-refractivity contribution in [3.8, 4) is 0 Å². The van der Waals surface area contributed by atoms with Gasteiger partial charge in [-0.1, -0.05) is 367 Å². The van der Waals surface area contributed by atoms with Crippen LogP contribution in [0.15, 0.2) is 0 Å². The molecule has 0 spiro atoms. The highest BCUT2D eigenvalue weighted by Crippen LogP contribution is 2.24. The molecule has 1 rings (SSSR count). The molecule has 0 bridgehead atoms. The maximum atomic E-state index is 13.1. The molecule has 472 valence electrons. The van der Waals surface area contributed by atoms with Crippen LogP contribution in [0.3, 0.4) is 0 Å². The average Bonchev–Trinajstić information content (AvgIpc) is 3.46. The van der Waals surface area contributed by atoms with E-state index in [-0.39, 0.29) is 12.5 Å². The first-order chi connectivity index (χ1) is 38.8. The van der Waals surface area contributed by atoms with Gasteiger partial charge in [-0.3, -0.25) is 4.79 Å². The highest BCUT2D eigenvalue weighted by atomic mass is 16.7. The molecule has 79 heavy (non-hydrogen) atoms. The third kappa shape index (κ3) is 49.2. The molecule has 1 fully saturated rings. The molecular formula is C70H139NO8. The molecule has 9 heteroatoms. The van der Waals surface area contributed by atoms with Crippen LogP contribution in [0.1, 0.15) is 386 Å². The highest BCUT2D eigenvalue weighted by Gasteiger charge is 2.44. The van der Waals surface area contributed by atoms with Crippen molar-refractivity contribution in [1.29, 1.82) is 0 Å². The van der Waals surface area contributed by atoms with Gasteiger partial charge in [0.25, 0.3) is 0 Å². The largest absolute Gasteiger partial charge is 0.394 e. The number of ether oxygens (including phenoxy) is 2. The zero-order valence-corrected chi connectivity index (χ0v) is 52.9. The molecule has 1 aliphatic rings. The van der Waals surface area contributed by atoms with Crippen LogP contribution in [0, 0.1) is 0 Å². The zero-order chi connectivity index (χ0) is 57.2. The molecule has 0 aromatic rings. The van der Waals surface area contributed by atoms with Gasteiger partial charge < -0.3 is 40.3 Å². The lowest BCUT2D eigenvalue weighted by Crippen LogP contribution is -2.60. The maximum Gasteiger partial charge on any atom is 0.220 e. The van der Waals surface area contributed by atoms with Gasteiger partial charge in [0, 0.05) is 6.42 Å². The fraction of sp³-hybridized carbons (Fsp3) is 0.986. The van der Waals surface area contributed by atoms with E-state index in [2.05, 4.69) is 19.2 Å². The smallest absolute Gasteiger partial charge is 0.220 e. The van der Waals surface area contributed by atoms with Crippen molar-refractivity contribution in [2.45, 2.75) is 429 Å². The number of aliphatic hydroxyl groups excluding tert-OH is 5. The van der Waals surface area contributed by atoms with Gasteiger partial charge in [-0.2, -0.15) is 0 Å². The number of hydrogen-bond donors (Lipinski definition) is 6. The number of unbranched alkanes of at least 4 members (excludes halogenated alkanes) is 54. The van der Waals surface area contributed by atoms with Crippen molar-refractivity contribution in [2.75, 3.05) is 13.2 Å². The van der Waals surface area contributed by atoms with E-state index in [4.69, 9.17) is 9.47 Å². The molecular weight excluding hydrogens is 983 g/mol. The Hall–Kier alpha value is -0.810. The number of carbonyl (C=O) groups excluding carboxylic acids is 1. The Labute approximate surface area is 491 Å². The molecule has 1 heterocycles. The van der Waals surface area contributed by atoms with Crippen molar-refractivity contribution in [1.82, 2.24) is 5.32 Å². The van der Waals surface area contributed by atoms with Gasteiger partial charge >= 0.3 is 0 Å². The number of rotatable bonds is 64. The van der Waals surface area contributed by atoms with Crippen molar-refractivity contribution in [3.63, 3.8) is 0 Å². The predicted molar refractivity (Wildman–Crippen MR) is 337 cm³/mol. The number of hydrogen-bond acceptors (Lipinski definition) is 8. The number of amides is 1. The molecule has 1 amide bonds. The van der Waals surface area contributed by atoms with E-state index in [1.165, 1.54) is 321 Å². The Bertz CT molecular complexity index is 1210. The highest BCUT2D eigenvalue weighted by molar-refractivity contribution is 5.76. The van der Waals surface area contributed by atoms with Gasteiger partial charge in [0.15, 0.2) is 6.29 Å². The molecule has 1 saturated heterocycles. The lowest BCUT2D eigenvalue weighted by atomic mass is 9.99. The van der Waals surface area contributed by atoms with Crippen LogP contribution in [0.2, 0.25) is 0 Å². The Morgan fingerprint density at radius 2 is 0.633 bits per heavy atom. The number of nitrogens with one attached hydrogen (secondary N) is 1. The number of carbonyl (C=O) groups is 1. The summed E-state index contributed by atoms with van der Waals surface area (Å²) in [6.07, 6.45) is 69.2. The Morgan fingerprint density at radius 1 is 0.380 bits per heavy atom. The Kier molecular flexibility index (Phi) is 58.2. The fourth-order valence-electron chi connectivity index (χ4n) is 12.1. The minimum atomic E-state index is -1.55. The first-order valence-corrected chi connectivity index (χ1v) is 35.7. The predicted octanol–water partition coefficient (Wildman–Crippen LogP) is 19.3. The van der Waals surface area contributed by atoms with Gasteiger partial charge in [-0.15, -0.1) is 0 Å². The normalized spacial score (nSPS) is 18.4. The van der Waals surface area contributed by atoms with Gasteiger partial charge in [0.2, 0.25) is 5.91 Å². The maximum absolute atomic E-state index is 13.1. The summed E-state index contributed by atoms with van der Waals surface area (Å²) in [6, 6.07) is -0.714. The van der Waals surface area contributed by atoms with Crippen LogP contribution in [-0.2, 0) is 14.3 Å². The molecule has 0 aromatic carbocycles. The van der Waals surface area contributed by atoms with Crippen LogP contribution >= 0.6 is 0 Å². The summed E-state index contributed by atoms with van der Waals surface area (Å²) in [5.74, 6) is -0.135. The van der Waals surface area contributed by atoms with E-state index in [0.717, 1.165) is 38.5 Å². The summed E-state index contributed by atoms with van der Waals surface area (Å²) in [5.41, 5.74) is 0. The molecule has 9 nitrogen and oxygen atoms in total. The minimum Gasteiger partial charge on any atom is -0.394 e. The summed E-state index contributed by atoms with van der Waals surface area (Å²) < 4.78 is 11.3. The van der Waals surface area contributed by atoms with Crippen molar-refractivity contribution >= 4 is 5.91 Å². The van der Waals surface area contributed by atoms with Crippen molar-refractivity contribution in [3.05, 3.63) is 0 Å². The first kappa shape index (κ1) is 76.2. The van der Waals surface area contributed by atoms with E-state index in [1.54, 1.807) is 0 Å². The lowest BCUT2D eigenvalue weighted by molar-refractivity contribution is -0.302. The molecule has 1 aliphatic heterocycles. The van der Waals surface area contributed by atoms with Gasteiger partial charge in [-0.05, 0) is 12.8 Å². The van der Waals surface area contributed by atoms with E-state index in [1.807, 2.05) is 0 Å². The SMILES string of the molecule is CCCCCCCCCCCCCCCCCCCCCCCCCCCCCCCCCCCCCCCCCCCC(=O)NC(COC1OC(CO)C(O)C(O)C1O)C(O)CCCCCCCCCCCCCCCCC. The molecule has 0 aromatic heterocycles. The molecule has 7 atom stereocenters. The quantitative estimate of drug-likeness (QED) is 0.0330. The Balaban J connectivity index is 1.98. The van der Waals surface area contributed by atoms with Gasteiger partial charge in [0.05, 0.1) is 25.4 Å². The molecule has 6 N–H and O–H groups in total. The third-order valence-electron chi connectivity index (χ3n) is 17.7. The first-order valence-electron chi connectivity index (χ1n) is 35.7. The second-order valence-corrected chi connectivity index (χ2v) is 25.4. The van der Waals surface area contributed by atoms with E-state index < -0.39 is 49.5 Å². The topological polar surface area (TPSA) is 149 Å². The molecule has 7 unspecified atom stereocenters. The average molecular weight is 1120 g/mol. The lowest BCUT2D eigenvalue weighted by Gasteiger charge is -2.40.